The van der Waals surface area contributed by atoms with Gasteiger partial charge in [0.1, 0.15) is 13.2 Å². The highest BCUT2D eigenvalue weighted by Crippen LogP contribution is 2.18. The lowest BCUT2D eigenvalue weighted by Crippen LogP contribution is -2.30. The van der Waals surface area contributed by atoms with E-state index < -0.39 is 6.10 Å². The summed E-state index contributed by atoms with van der Waals surface area (Å²) >= 11 is 0. The highest BCUT2D eigenvalue weighted by molar-refractivity contribution is 5.71. The van der Waals surface area contributed by atoms with Crippen molar-refractivity contribution in [1.82, 2.24) is 0 Å². The Hall–Kier alpha value is -2.89. The first kappa shape index (κ1) is 74.1. The van der Waals surface area contributed by atoms with E-state index in [2.05, 4.69) is 81.5 Å². The Bertz CT molecular complexity index is 1380. The van der Waals surface area contributed by atoms with Crippen molar-refractivity contribution < 1.29 is 28.6 Å². The molecule has 0 saturated carbocycles. The predicted molar refractivity (Wildman–Crippen MR) is 335 cm³/mol. The highest BCUT2D eigenvalue weighted by atomic mass is 16.6. The van der Waals surface area contributed by atoms with Gasteiger partial charge in [0.15, 0.2) is 6.10 Å². The van der Waals surface area contributed by atoms with Crippen molar-refractivity contribution in [1.29, 1.82) is 0 Å². The fraction of sp³-hybridized carbons (Fsp3) is 0.817. The van der Waals surface area contributed by atoms with E-state index in [1.807, 2.05) is 0 Å². The van der Waals surface area contributed by atoms with Gasteiger partial charge in [-0.15, -0.1) is 0 Å². The van der Waals surface area contributed by atoms with Gasteiger partial charge in [-0.05, 0) is 64.2 Å². The van der Waals surface area contributed by atoms with E-state index in [0.29, 0.717) is 19.3 Å². The number of hydrogen-bond acceptors (Lipinski definition) is 6. The van der Waals surface area contributed by atoms with Crippen molar-refractivity contribution in [3.63, 3.8) is 0 Å². The Balaban J connectivity index is 4.16. The number of rotatable bonds is 62. The number of esters is 3. The molecule has 0 N–H and O–H groups in total. The lowest BCUT2D eigenvalue weighted by molar-refractivity contribution is -0.167. The molecule has 0 spiro atoms. The van der Waals surface area contributed by atoms with E-state index >= 15 is 0 Å². The molecule has 0 fully saturated rings. The Morgan fingerprint density at radius 3 is 0.792 bits per heavy atom. The number of carbonyl (C=O) groups excluding carboxylic acids is 3. The van der Waals surface area contributed by atoms with Crippen molar-refractivity contribution in [2.45, 2.75) is 361 Å². The molecule has 6 nitrogen and oxygen atoms in total. The molecule has 0 aliphatic rings. The van der Waals surface area contributed by atoms with Gasteiger partial charge in [0.25, 0.3) is 0 Å². The van der Waals surface area contributed by atoms with Crippen LogP contribution in [0.15, 0.2) is 60.8 Å². The Morgan fingerprint density at radius 1 is 0.273 bits per heavy atom. The average Bonchev–Trinajstić information content (AvgIpc) is 3.43. The summed E-state index contributed by atoms with van der Waals surface area (Å²) in [5, 5.41) is 0. The zero-order valence-corrected chi connectivity index (χ0v) is 51.5. The maximum Gasteiger partial charge on any atom is 0.306 e. The number of hydrogen-bond donors (Lipinski definition) is 0. The van der Waals surface area contributed by atoms with Crippen LogP contribution in [0.2, 0.25) is 0 Å². The lowest BCUT2D eigenvalue weighted by atomic mass is 10.0. The minimum Gasteiger partial charge on any atom is -0.462 e. The molecule has 0 rings (SSSR count). The smallest absolute Gasteiger partial charge is 0.306 e. The van der Waals surface area contributed by atoms with Crippen LogP contribution in [0.3, 0.4) is 0 Å². The second-order valence-corrected chi connectivity index (χ2v) is 22.7. The molecule has 0 aliphatic heterocycles. The van der Waals surface area contributed by atoms with Gasteiger partial charge >= 0.3 is 17.9 Å². The zero-order chi connectivity index (χ0) is 55.7. The fourth-order valence-corrected chi connectivity index (χ4v) is 10.0. The summed E-state index contributed by atoms with van der Waals surface area (Å²) in [6.45, 7) is 6.56. The third-order valence-electron chi connectivity index (χ3n) is 15.0. The summed E-state index contributed by atoms with van der Waals surface area (Å²) in [5.41, 5.74) is 0. The van der Waals surface area contributed by atoms with Crippen LogP contribution >= 0.6 is 0 Å². The SMILES string of the molecule is CC/C=C\C/C=C\C/C=C\C/C=C\C/C=C\CCCCCCCCCCCC(=O)OCC(COC(=O)CCCCCCCCCCC)OC(=O)CCCCCCCCCCCCCCCCCCCCCCCCCCC. The van der Waals surface area contributed by atoms with Gasteiger partial charge in [-0.3, -0.25) is 14.4 Å². The molecule has 0 heterocycles. The van der Waals surface area contributed by atoms with Crippen LogP contribution in [-0.4, -0.2) is 37.2 Å². The van der Waals surface area contributed by atoms with Crippen LogP contribution in [-0.2, 0) is 28.6 Å². The zero-order valence-electron chi connectivity index (χ0n) is 51.5. The molecule has 6 heteroatoms. The third kappa shape index (κ3) is 63.8. The van der Waals surface area contributed by atoms with E-state index in [1.54, 1.807) is 0 Å². The quantitative estimate of drug-likeness (QED) is 0.0261. The maximum absolute atomic E-state index is 12.9. The largest absolute Gasteiger partial charge is 0.462 e. The second-order valence-electron chi connectivity index (χ2n) is 22.7. The first-order chi connectivity index (χ1) is 38.0. The normalized spacial score (nSPS) is 12.4. The summed E-state index contributed by atoms with van der Waals surface area (Å²) in [6, 6.07) is 0. The van der Waals surface area contributed by atoms with E-state index in [1.165, 1.54) is 218 Å². The summed E-state index contributed by atoms with van der Waals surface area (Å²) in [7, 11) is 0. The molecule has 0 aromatic carbocycles. The van der Waals surface area contributed by atoms with Crippen LogP contribution in [0.5, 0.6) is 0 Å². The fourth-order valence-electron chi connectivity index (χ4n) is 10.0. The van der Waals surface area contributed by atoms with Gasteiger partial charge in [-0.2, -0.15) is 0 Å². The van der Waals surface area contributed by atoms with Crippen LogP contribution in [0.4, 0.5) is 0 Å². The number of carbonyl (C=O) groups is 3. The number of unbranched alkanes of at least 4 members (excludes halogenated alkanes) is 41. The summed E-state index contributed by atoms with van der Waals surface area (Å²) < 4.78 is 16.9. The van der Waals surface area contributed by atoms with Crippen LogP contribution in [0, 0.1) is 0 Å². The van der Waals surface area contributed by atoms with Crippen molar-refractivity contribution >= 4 is 17.9 Å². The molecule has 0 saturated heterocycles. The first-order valence-corrected chi connectivity index (χ1v) is 33.8. The molecule has 1 atom stereocenters. The summed E-state index contributed by atoms with van der Waals surface area (Å²) in [6.07, 6.45) is 84.0. The third-order valence-corrected chi connectivity index (χ3v) is 15.0. The Labute approximate surface area is 479 Å². The Morgan fingerprint density at radius 2 is 0.506 bits per heavy atom. The van der Waals surface area contributed by atoms with E-state index in [0.717, 1.165) is 96.3 Å². The number of ether oxygens (including phenoxy) is 3. The van der Waals surface area contributed by atoms with E-state index in [-0.39, 0.29) is 31.1 Å². The molecular weight excluding hydrogens is 949 g/mol. The van der Waals surface area contributed by atoms with Gasteiger partial charge in [-0.25, -0.2) is 0 Å². The first-order valence-electron chi connectivity index (χ1n) is 33.8. The lowest BCUT2D eigenvalue weighted by Gasteiger charge is -2.18. The molecule has 77 heavy (non-hydrogen) atoms. The molecule has 0 radical (unpaired) electrons. The van der Waals surface area contributed by atoms with Gasteiger partial charge in [0.2, 0.25) is 0 Å². The van der Waals surface area contributed by atoms with Crippen molar-refractivity contribution in [2.75, 3.05) is 13.2 Å². The minimum atomic E-state index is -0.773. The van der Waals surface area contributed by atoms with Gasteiger partial charge in [0.05, 0.1) is 0 Å². The summed E-state index contributed by atoms with van der Waals surface area (Å²) in [4.78, 5) is 38.2. The standard InChI is InChI=1S/C71H128O6/c1-4-7-10-13-16-19-21-23-25-27-29-31-33-35-37-39-41-43-45-47-49-52-55-58-61-64-70(73)76-67-68(66-75-69(72)63-60-57-54-51-18-15-12-9-6-3)77-71(74)65-62-59-56-53-50-48-46-44-42-40-38-36-34-32-30-28-26-24-22-20-17-14-11-8-5-2/h7,10,16,19,23,25,29,31,35,37,68H,4-6,8-9,11-15,17-18,20-22,24,26-28,30,32-34,36,38-67H2,1-3H3/b10-7-,19-16-,25-23-,31-29-,37-35-. The van der Waals surface area contributed by atoms with Crippen molar-refractivity contribution in [3.05, 3.63) is 60.8 Å². The van der Waals surface area contributed by atoms with Crippen LogP contribution in [0.1, 0.15) is 355 Å². The van der Waals surface area contributed by atoms with Crippen molar-refractivity contribution in [3.8, 4) is 0 Å². The van der Waals surface area contributed by atoms with Crippen molar-refractivity contribution in [2.24, 2.45) is 0 Å². The molecule has 0 aromatic heterocycles. The van der Waals surface area contributed by atoms with Gasteiger partial charge in [-0.1, -0.05) is 332 Å². The molecule has 0 amide bonds. The summed E-state index contributed by atoms with van der Waals surface area (Å²) in [5.74, 6) is -0.859. The van der Waals surface area contributed by atoms with Crippen LogP contribution in [0.25, 0.3) is 0 Å². The topological polar surface area (TPSA) is 78.9 Å². The van der Waals surface area contributed by atoms with Gasteiger partial charge in [0, 0.05) is 19.3 Å². The number of allylic oxidation sites excluding steroid dienone is 10. The van der Waals surface area contributed by atoms with E-state index in [9.17, 15) is 14.4 Å². The highest BCUT2D eigenvalue weighted by Gasteiger charge is 2.19. The predicted octanol–water partition coefficient (Wildman–Crippen LogP) is 23.1. The average molecular weight is 1080 g/mol. The van der Waals surface area contributed by atoms with Gasteiger partial charge < -0.3 is 14.2 Å². The molecule has 0 bridgehead atoms. The molecule has 448 valence electrons. The Kier molecular flexibility index (Phi) is 63.2. The molecular formula is C71H128O6. The molecule has 0 aromatic rings. The molecule has 1 unspecified atom stereocenters. The second kappa shape index (κ2) is 65.6. The molecule has 0 aliphatic carbocycles. The van der Waals surface area contributed by atoms with E-state index in [4.69, 9.17) is 14.2 Å². The van der Waals surface area contributed by atoms with Crippen LogP contribution < -0.4 is 0 Å². The monoisotopic (exact) mass is 1080 g/mol. The minimum absolute atomic E-state index is 0.0713. The maximum atomic E-state index is 12.9.